The fourth-order valence-corrected chi connectivity index (χ4v) is 2.35. The number of hydrogen-bond donors (Lipinski definition) is 1. The van der Waals surface area contributed by atoms with E-state index in [0.717, 1.165) is 9.32 Å². The van der Waals surface area contributed by atoms with Crippen LogP contribution in [-0.2, 0) is 9.53 Å². The molecule has 4 nitrogen and oxygen atoms in total. The van der Waals surface area contributed by atoms with Crippen LogP contribution in [0.25, 0.3) is 0 Å². The Morgan fingerprint density at radius 3 is 2.83 bits per heavy atom. The molecule has 0 aromatic heterocycles. The maximum atomic E-state index is 11.3. The minimum absolute atomic E-state index is 0. The Morgan fingerprint density at radius 2 is 2.17 bits per heavy atom. The van der Waals surface area contributed by atoms with Crippen molar-refractivity contribution in [1.82, 2.24) is 5.32 Å². The standard InChI is InChI=1S/C12H14INO3.ClH/c1-16-12(15)10-6-8(7-14-10)17-11-5-3-2-4-9(11)13;/h2-5,8,10,14H,6-7H2,1H3;1H/t8-,10+;/m1./s1. The molecular formula is C12H15ClINO3. The minimum atomic E-state index is -0.244. The zero-order valence-corrected chi connectivity index (χ0v) is 12.9. The van der Waals surface area contributed by atoms with Crippen LogP contribution in [0, 0.1) is 3.57 Å². The predicted molar refractivity (Wildman–Crippen MR) is 79.2 cm³/mol. The van der Waals surface area contributed by atoms with Crippen molar-refractivity contribution < 1.29 is 14.3 Å². The van der Waals surface area contributed by atoms with Crippen molar-refractivity contribution in [3.63, 3.8) is 0 Å². The Labute approximate surface area is 126 Å². The van der Waals surface area contributed by atoms with E-state index in [2.05, 4.69) is 27.9 Å². The number of ether oxygens (including phenoxy) is 2. The molecule has 0 amide bonds. The number of nitrogens with one attached hydrogen (secondary N) is 1. The van der Waals surface area contributed by atoms with Crippen molar-refractivity contribution in [3.05, 3.63) is 27.8 Å². The molecule has 1 fully saturated rings. The average molecular weight is 384 g/mol. The van der Waals surface area contributed by atoms with Gasteiger partial charge >= 0.3 is 5.97 Å². The van der Waals surface area contributed by atoms with Gasteiger partial charge in [0.25, 0.3) is 0 Å². The Bertz CT molecular complexity index is 416. The lowest BCUT2D eigenvalue weighted by molar-refractivity contribution is -0.142. The van der Waals surface area contributed by atoms with Crippen LogP contribution < -0.4 is 10.1 Å². The number of methoxy groups -OCH3 is 1. The average Bonchev–Trinajstić information content (AvgIpc) is 2.80. The molecule has 100 valence electrons. The number of para-hydroxylation sites is 1. The second-order valence-electron chi connectivity index (χ2n) is 3.89. The summed E-state index contributed by atoms with van der Waals surface area (Å²) in [7, 11) is 1.40. The Kier molecular flexibility index (Phi) is 6.17. The van der Waals surface area contributed by atoms with Crippen LogP contribution in [0.1, 0.15) is 6.42 Å². The normalized spacial score (nSPS) is 22.1. The number of carbonyl (C=O) groups excluding carboxylic acids is 1. The third-order valence-electron chi connectivity index (χ3n) is 2.71. The highest BCUT2D eigenvalue weighted by Gasteiger charge is 2.31. The summed E-state index contributed by atoms with van der Waals surface area (Å²) < 4.78 is 11.6. The van der Waals surface area contributed by atoms with Crippen LogP contribution in [0.2, 0.25) is 0 Å². The molecule has 2 rings (SSSR count). The minimum Gasteiger partial charge on any atom is -0.488 e. The SMILES string of the molecule is COC(=O)[C@@H]1C[C@@H](Oc2ccccc2I)CN1.Cl. The molecule has 0 bridgehead atoms. The zero-order valence-electron chi connectivity index (χ0n) is 9.89. The van der Waals surface area contributed by atoms with Gasteiger partial charge in [-0.3, -0.25) is 4.79 Å². The van der Waals surface area contributed by atoms with Gasteiger partial charge in [0, 0.05) is 13.0 Å². The smallest absolute Gasteiger partial charge is 0.323 e. The summed E-state index contributed by atoms with van der Waals surface area (Å²) >= 11 is 2.24. The first-order valence-electron chi connectivity index (χ1n) is 5.43. The van der Waals surface area contributed by atoms with Gasteiger partial charge in [-0.05, 0) is 34.7 Å². The molecule has 1 heterocycles. The topological polar surface area (TPSA) is 47.6 Å². The van der Waals surface area contributed by atoms with Crippen LogP contribution in [0.3, 0.4) is 0 Å². The maximum absolute atomic E-state index is 11.3. The lowest BCUT2D eigenvalue weighted by Gasteiger charge is -2.13. The molecule has 1 saturated heterocycles. The first-order valence-corrected chi connectivity index (χ1v) is 6.51. The Balaban J connectivity index is 0.00000162. The molecule has 1 aromatic rings. The molecule has 18 heavy (non-hydrogen) atoms. The van der Waals surface area contributed by atoms with E-state index in [1.807, 2.05) is 24.3 Å². The van der Waals surface area contributed by atoms with Gasteiger partial charge in [-0.15, -0.1) is 12.4 Å². The van der Waals surface area contributed by atoms with Crippen molar-refractivity contribution in [2.24, 2.45) is 0 Å². The van der Waals surface area contributed by atoms with Crippen molar-refractivity contribution in [2.45, 2.75) is 18.6 Å². The van der Waals surface area contributed by atoms with Gasteiger partial charge in [0.15, 0.2) is 0 Å². The highest BCUT2D eigenvalue weighted by Crippen LogP contribution is 2.23. The molecule has 0 unspecified atom stereocenters. The fraction of sp³-hybridized carbons (Fsp3) is 0.417. The fourth-order valence-electron chi connectivity index (χ4n) is 1.83. The van der Waals surface area contributed by atoms with Crippen LogP contribution in [0.5, 0.6) is 5.75 Å². The number of esters is 1. The number of carbonyl (C=O) groups is 1. The van der Waals surface area contributed by atoms with Crippen LogP contribution >= 0.6 is 35.0 Å². The molecule has 1 aliphatic rings. The quantitative estimate of drug-likeness (QED) is 0.641. The van der Waals surface area contributed by atoms with Gasteiger partial charge < -0.3 is 14.8 Å². The van der Waals surface area contributed by atoms with Crippen molar-refractivity contribution in [3.8, 4) is 5.75 Å². The Morgan fingerprint density at radius 1 is 1.44 bits per heavy atom. The van der Waals surface area contributed by atoms with E-state index < -0.39 is 0 Å². The molecular weight excluding hydrogens is 368 g/mol. The van der Waals surface area contributed by atoms with Crippen LogP contribution in [-0.4, -0.2) is 31.8 Å². The predicted octanol–water partition coefficient (Wildman–Crippen LogP) is 2.00. The lowest BCUT2D eigenvalue weighted by atomic mass is 10.2. The summed E-state index contributed by atoms with van der Waals surface area (Å²) in [5, 5.41) is 3.10. The van der Waals surface area contributed by atoms with Gasteiger partial charge in [-0.1, -0.05) is 12.1 Å². The third kappa shape index (κ3) is 3.73. The summed E-state index contributed by atoms with van der Waals surface area (Å²) in [6, 6.07) is 7.60. The molecule has 0 radical (unpaired) electrons. The zero-order chi connectivity index (χ0) is 12.3. The summed E-state index contributed by atoms with van der Waals surface area (Å²) in [5.74, 6) is 0.643. The summed E-state index contributed by atoms with van der Waals surface area (Å²) in [6.07, 6.45) is 0.674. The van der Waals surface area contributed by atoms with E-state index in [-0.39, 0.29) is 30.5 Å². The molecule has 1 N–H and O–H groups in total. The first-order chi connectivity index (χ1) is 8.20. The van der Waals surface area contributed by atoms with Gasteiger partial charge in [0.05, 0.1) is 10.7 Å². The largest absolute Gasteiger partial charge is 0.488 e. The van der Waals surface area contributed by atoms with Gasteiger partial charge in [-0.2, -0.15) is 0 Å². The van der Waals surface area contributed by atoms with Gasteiger partial charge in [0.1, 0.15) is 17.9 Å². The lowest BCUT2D eigenvalue weighted by Crippen LogP contribution is -2.31. The summed E-state index contributed by atoms with van der Waals surface area (Å²) in [5.41, 5.74) is 0. The van der Waals surface area contributed by atoms with Crippen LogP contribution in [0.4, 0.5) is 0 Å². The molecule has 6 heteroatoms. The monoisotopic (exact) mass is 383 g/mol. The van der Waals surface area contributed by atoms with E-state index >= 15 is 0 Å². The molecule has 2 atom stereocenters. The molecule has 1 aliphatic heterocycles. The van der Waals surface area contributed by atoms with E-state index in [9.17, 15) is 4.79 Å². The van der Waals surface area contributed by atoms with E-state index in [1.54, 1.807) is 0 Å². The number of benzene rings is 1. The highest BCUT2D eigenvalue weighted by molar-refractivity contribution is 14.1. The highest BCUT2D eigenvalue weighted by atomic mass is 127. The summed E-state index contributed by atoms with van der Waals surface area (Å²) in [4.78, 5) is 11.3. The second-order valence-corrected chi connectivity index (χ2v) is 5.05. The van der Waals surface area contributed by atoms with Crippen molar-refractivity contribution >= 4 is 41.0 Å². The van der Waals surface area contributed by atoms with Crippen molar-refractivity contribution in [2.75, 3.05) is 13.7 Å². The third-order valence-corrected chi connectivity index (χ3v) is 3.60. The number of hydrogen-bond acceptors (Lipinski definition) is 4. The van der Waals surface area contributed by atoms with Crippen molar-refractivity contribution in [1.29, 1.82) is 0 Å². The van der Waals surface area contributed by atoms with Gasteiger partial charge in [0.2, 0.25) is 0 Å². The van der Waals surface area contributed by atoms with Crippen LogP contribution in [0.15, 0.2) is 24.3 Å². The maximum Gasteiger partial charge on any atom is 0.323 e. The Hall–Kier alpha value is -0.530. The molecule has 0 saturated carbocycles. The summed E-state index contributed by atoms with van der Waals surface area (Å²) in [6.45, 7) is 0.671. The van der Waals surface area contributed by atoms with E-state index in [1.165, 1.54) is 7.11 Å². The van der Waals surface area contributed by atoms with Gasteiger partial charge in [-0.25, -0.2) is 0 Å². The first kappa shape index (κ1) is 15.5. The number of rotatable bonds is 3. The molecule has 0 spiro atoms. The van der Waals surface area contributed by atoms with E-state index in [0.29, 0.717) is 13.0 Å². The second kappa shape index (κ2) is 7.16. The molecule has 1 aromatic carbocycles. The number of halogens is 2. The molecule has 0 aliphatic carbocycles. The van der Waals surface area contributed by atoms with E-state index in [4.69, 9.17) is 9.47 Å².